The third-order valence-electron chi connectivity index (χ3n) is 2.99. The number of nitrogens with zero attached hydrogens (tertiary/aromatic N) is 1. The van der Waals surface area contributed by atoms with Gasteiger partial charge in [-0.2, -0.15) is 0 Å². The SMILES string of the molecule is CN(C)c1ccc(C(=O)C=Cc2ccc(O)cc2)cc1. The van der Waals surface area contributed by atoms with Gasteiger partial charge in [-0.05, 0) is 48.0 Å². The van der Waals surface area contributed by atoms with Crippen LogP contribution in [0.4, 0.5) is 5.69 Å². The predicted molar refractivity (Wildman–Crippen MR) is 82.2 cm³/mol. The Balaban J connectivity index is 2.09. The molecule has 0 saturated carbocycles. The summed E-state index contributed by atoms with van der Waals surface area (Å²) in [5.41, 5.74) is 2.59. The highest BCUT2D eigenvalue weighted by atomic mass is 16.3. The highest BCUT2D eigenvalue weighted by Gasteiger charge is 2.02. The average molecular weight is 267 g/mol. The lowest BCUT2D eigenvalue weighted by molar-refractivity contribution is 0.104. The summed E-state index contributed by atoms with van der Waals surface area (Å²) in [5.74, 6) is 0.177. The summed E-state index contributed by atoms with van der Waals surface area (Å²) in [6.45, 7) is 0. The van der Waals surface area contributed by atoms with Crippen molar-refractivity contribution in [1.82, 2.24) is 0 Å². The van der Waals surface area contributed by atoms with Crippen LogP contribution in [0, 0.1) is 0 Å². The lowest BCUT2D eigenvalue weighted by Crippen LogP contribution is -2.08. The third-order valence-corrected chi connectivity index (χ3v) is 2.99. The van der Waals surface area contributed by atoms with Crippen molar-refractivity contribution < 1.29 is 9.90 Å². The van der Waals surface area contributed by atoms with E-state index in [0.29, 0.717) is 5.56 Å². The summed E-state index contributed by atoms with van der Waals surface area (Å²) in [4.78, 5) is 14.0. The Kier molecular flexibility index (Phi) is 4.20. The number of benzene rings is 2. The molecule has 0 unspecified atom stereocenters. The Morgan fingerprint density at radius 3 is 2.15 bits per heavy atom. The van der Waals surface area contributed by atoms with Crippen molar-refractivity contribution in [2.24, 2.45) is 0 Å². The van der Waals surface area contributed by atoms with E-state index in [-0.39, 0.29) is 11.5 Å². The molecule has 2 aromatic rings. The Morgan fingerprint density at radius 1 is 1.00 bits per heavy atom. The van der Waals surface area contributed by atoms with E-state index in [1.54, 1.807) is 30.3 Å². The molecule has 0 aliphatic heterocycles. The van der Waals surface area contributed by atoms with Gasteiger partial charge >= 0.3 is 0 Å². The van der Waals surface area contributed by atoms with E-state index in [1.165, 1.54) is 6.08 Å². The highest BCUT2D eigenvalue weighted by Crippen LogP contribution is 2.14. The van der Waals surface area contributed by atoms with E-state index < -0.39 is 0 Å². The lowest BCUT2D eigenvalue weighted by Gasteiger charge is -2.11. The average Bonchev–Trinajstić information content (AvgIpc) is 2.46. The number of aromatic hydroxyl groups is 1. The Bertz CT molecular complexity index is 610. The van der Waals surface area contributed by atoms with E-state index in [4.69, 9.17) is 0 Å². The molecule has 0 amide bonds. The van der Waals surface area contributed by atoms with Crippen molar-refractivity contribution in [3.05, 3.63) is 65.7 Å². The number of ketones is 1. The fraction of sp³-hybridized carbons (Fsp3) is 0.118. The number of allylic oxidation sites excluding steroid dienone is 1. The van der Waals surface area contributed by atoms with Crippen molar-refractivity contribution in [3.8, 4) is 5.75 Å². The van der Waals surface area contributed by atoms with Crippen LogP contribution in [0.25, 0.3) is 6.08 Å². The van der Waals surface area contributed by atoms with Crippen molar-refractivity contribution in [1.29, 1.82) is 0 Å². The second-order valence-corrected chi connectivity index (χ2v) is 4.73. The maximum atomic E-state index is 12.0. The van der Waals surface area contributed by atoms with E-state index in [1.807, 2.05) is 43.3 Å². The van der Waals surface area contributed by atoms with Crippen molar-refractivity contribution in [2.45, 2.75) is 0 Å². The van der Waals surface area contributed by atoms with Crippen molar-refractivity contribution in [2.75, 3.05) is 19.0 Å². The molecule has 2 aromatic carbocycles. The summed E-state index contributed by atoms with van der Waals surface area (Å²) in [7, 11) is 3.92. The Labute approximate surface area is 118 Å². The van der Waals surface area contributed by atoms with Crippen LogP contribution in [0.15, 0.2) is 54.6 Å². The standard InChI is InChI=1S/C17H17NO2/c1-18(2)15-8-6-14(7-9-15)17(20)12-5-13-3-10-16(19)11-4-13/h3-12,19H,1-2H3. The van der Waals surface area contributed by atoms with Gasteiger partial charge in [-0.25, -0.2) is 0 Å². The molecule has 20 heavy (non-hydrogen) atoms. The number of phenolic OH excluding ortho intramolecular Hbond substituents is 1. The fourth-order valence-electron chi connectivity index (χ4n) is 1.78. The van der Waals surface area contributed by atoms with Gasteiger partial charge in [0.05, 0.1) is 0 Å². The topological polar surface area (TPSA) is 40.5 Å². The summed E-state index contributed by atoms with van der Waals surface area (Å²) in [6, 6.07) is 14.2. The number of hydrogen-bond acceptors (Lipinski definition) is 3. The predicted octanol–water partition coefficient (Wildman–Crippen LogP) is 3.35. The Hall–Kier alpha value is -2.55. The van der Waals surface area contributed by atoms with Crippen LogP contribution in [0.1, 0.15) is 15.9 Å². The van der Waals surface area contributed by atoms with Gasteiger partial charge in [-0.1, -0.05) is 18.2 Å². The van der Waals surface area contributed by atoms with Crippen LogP contribution < -0.4 is 4.90 Å². The molecule has 3 nitrogen and oxygen atoms in total. The minimum absolute atomic E-state index is 0.0385. The summed E-state index contributed by atoms with van der Waals surface area (Å²) in [5, 5.41) is 9.19. The van der Waals surface area contributed by atoms with Gasteiger partial charge in [0.25, 0.3) is 0 Å². The van der Waals surface area contributed by atoms with Crippen molar-refractivity contribution in [3.63, 3.8) is 0 Å². The molecule has 2 rings (SSSR count). The van der Waals surface area contributed by atoms with Crippen LogP contribution in [0.5, 0.6) is 5.75 Å². The first-order valence-corrected chi connectivity index (χ1v) is 6.35. The minimum Gasteiger partial charge on any atom is -0.508 e. The summed E-state index contributed by atoms with van der Waals surface area (Å²) < 4.78 is 0. The zero-order valence-electron chi connectivity index (χ0n) is 11.6. The molecular weight excluding hydrogens is 250 g/mol. The second-order valence-electron chi connectivity index (χ2n) is 4.73. The molecule has 0 aliphatic rings. The van der Waals surface area contributed by atoms with Gasteiger partial charge in [0, 0.05) is 25.3 Å². The number of hydrogen-bond donors (Lipinski definition) is 1. The molecule has 0 atom stereocenters. The molecule has 1 N–H and O–H groups in total. The van der Waals surface area contributed by atoms with E-state index in [0.717, 1.165) is 11.3 Å². The number of carbonyl (C=O) groups is 1. The van der Waals surface area contributed by atoms with Gasteiger partial charge < -0.3 is 10.0 Å². The molecule has 3 heteroatoms. The normalized spacial score (nSPS) is 10.7. The van der Waals surface area contributed by atoms with Gasteiger partial charge in [0.15, 0.2) is 5.78 Å². The maximum Gasteiger partial charge on any atom is 0.185 e. The zero-order valence-corrected chi connectivity index (χ0v) is 11.6. The van der Waals surface area contributed by atoms with Crippen LogP contribution >= 0.6 is 0 Å². The van der Waals surface area contributed by atoms with Crippen molar-refractivity contribution >= 4 is 17.5 Å². The molecule has 0 fully saturated rings. The zero-order chi connectivity index (χ0) is 14.5. The quantitative estimate of drug-likeness (QED) is 0.682. The smallest absolute Gasteiger partial charge is 0.185 e. The fourth-order valence-corrected chi connectivity index (χ4v) is 1.78. The van der Waals surface area contributed by atoms with Gasteiger partial charge in [-0.3, -0.25) is 4.79 Å². The van der Waals surface area contributed by atoms with E-state index >= 15 is 0 Å². The molecule has 0 radical (unpaired) electrons. The number of anilines is 1. The number of carbonyl (C=O) groups excluding carboxylic acids is 1. The van der Waals surface area contributed by atoms with Crippen LogP contribution in [0.3, 0.4) is 0 Å². The molecule has 0 spiro atoms. The van der Waals surface area contributed by atoms with Gasteiger partial charge in [0.2, 0.25) is 0 Å². The van der Waals surface area contributed by atoms with Crippen LogP contribution in [0.2, 0.25) is 0 Å². The Morgan fingerprint density at radius 2 is 1.60 bits per heavy atom. The molecular formula is C17H17NO2. The molecule has 0 aromatic heterocycles. The molecule has 0 saturated heterocycles. The monoisotopic (exact) mass is 267 g/mol. The third kappa shape index (κ3) is 3.48. The number of rotatable bonds is 4. The first-order chi connectivity index (χ1) is 9.56. The first kappa shape index (κ1) is 13.9. The van der Waals surface area contributed by atoms with E-state index in [9.17, 15) is 9.90 Å². The highest BCUT2D eigenvalue weighted by molar-refractivity contribution is 6.06. The van der Waals surface area contributed by atoms with Crippen LogP contribution in [-0.4, -0.2) is 25.0 Å². The number of phenols is 1. The molecule has 102 valence electrons. The second kappa shape index (κ2) is 6.06. The maximum absolute atomic E-state index is 12.0. The minimum atomic E-state index is -0.0385. The molecule has 0 aliphatic carbocycles. The van der Waals surface area contributed by atoms with Crippen LogP contribution in [-0.2, 0) is 0 Å². The first-order valence-electron chi connectivity index (χ1n) is 6.35. The summed E-state index contributed by atoms with van der Waals surface area (Å²) in [6.07, 6.45) is 3.28. The molecule has 0 heterocycles. The van der Waals surface area contributed by atoms with Gasteiger partial charge in [0.1, 0.15) is 5.75 Å². The van der Waals surface area contributed by atoms with E-state index in [2.05, 4.69) is 0 Å². The lowest BCUT2D eigenvalue weighted by atomic mass is 10.1. The largest absolute Gasteiger partial charge is 0.508 e. The van der Waals surface area contributed by atoms with Gasteiger partial charge in [-0.15, -0.1) is 0 Å². The summed E-state index contributed by atoms with van der Waals surface area (Å²) >= 11 is 0. The molecule has 0 bridgehead atoms.